The van der Waals surface area contributed by atoms with E-state index in [1.165, 1.54) is 56.6 Å². The Kier molecular flexibility index (Phi) is 6.82. The minimum Gasteiger partial charge on any atom is -0.496 e. The Labute approximate surface area is 160 Å². The predicted molar refractivity (Wildman–Crippen MR) is 104 cm³/mol. The van der Waals surface area contributed by atoms with E-state index in [1.54, 1.807) is 0 Å². The largest absolute Gasteiger partial charge is 0.496 e. The standard InChI is InChI=1S/C22H27FN2O2/c1-27-21-10-9-19(23)14-20(21)22(26)24-15-17-7-6-8-18(13-17)16-25-11-4-2-3-5-12-25/h6-10,13-14H,2-5,11-12,15-16H2,1H3,(H,24,26). The lowest BCUT2D eigenvalue weighted by molar-refractivity contribution is 0.0947. The van der Waals surface area contributed by atoms with E-state index < -0.39 is 5.82 Å². The van der Waals surface area contributed by atoms with Gasteiger partial charge in [0.15, 0.2) is 0 Å². The third-order valence-corrected chi connectivity index (χ3v) is 4.96. The smallest absolute Gasteiger partial charge is 0.255 e. The van der Waals surface area contributed by atoms with E-state index >= 15 is 0 Å². The van der Waals surface area contributed by atoms with Gasteiger partial charge in [0.2, 0.25) is 0 Å². The molecule has 1 heterocycles. The van der Waals surface area contributed by atoms with Crippen molar-refractivity contribution in [1.82, 2.24) is 10.2 Å². The Bertz CT molecular complexity index is 771. The lowest BCUT2D eigenvalue weighted by atomic mass is 10.1. The molecule has 1 amide bonds. The lowest BCUT2D eigenvalue weighted by Gasteiger charge is -2.20. The Hall–Kier alpha value is -2.40. The van der Waals surface area contributed by atoms with Gasteiger partial charge in [-0.25, -0.2) is 4.39 Å². The van der Waals surface area contributed by atoms with E-state index in [1.807, 2.05) is 12.1 Å². The zero-order valence-corrected chi connectivity index (χ0v) is 15.8. The highest BCUT2D eigenvalue weighted by Gasteiger charge is 2.14. The summed E-state index contributed by atoms with van der Waals surface area (Å²) in [5, 5.41) is 2.86. The molecule has 0 bridgehead atoms. The number of amides is 1. The Morgan fingerprint density at radius 1 is 1.07 bits per heavy atom. The summed E-state index contributed by atoms with van der Waals surface area (Å²) in [6, 6.07) is 12.2. The normalized spacial score (nSPS) is 15.2. The van der Waals surface area contributed by atoms with Crippen molar-refractivity contribution in [3.05, 3.63) is 65.0 Å². The van der Waals surface area contributed by atoms with Gasteiger partial charge in [0, 0.05) is 13.1 Å². The molecule has 0 atom stereocenters. The molecule has 1 aliphatic rings. The van der Waals surface area contributed by atoms with Crippen molar-refractivity contribution in [1.29, 1.82) is 0 Å². The van der Waals surface area contributed by atoms with Crippen molar-refractivity contribution in [3.8, 4) is 5.75 Å². The molecule has 0 aliphatic carbocycles. The molecule has 2 aromatic carbocycles. The van der Waals surface area contributed by atoms with Gasteiger partial charge in [0.1, 0.15) is 11.6 Å². The SMILES string of the molecule is COc1ccc(F)cc1C(=O)NCc1cccc(CN2CCCCCC2)c1. The molecule has 1 N–H and O–H groups in total. The van der Waals surface area contributed by atoms with E-state index in [0.29, 0.717) is 12.3 Å². The van der Waals surface area contributed by atoms with Gasteiger partial charge in [-0.05, 0) is 55.3 Å². The molecule has 2 aromatic rings. The summed E-state index contributed by atoms with van der Waals surface area (Å²) in [6.07, 6.45) is 5.19. The van der Waals surface area contributed by atoms with Gasteiger partial charge in [0.05, 0.1) is 12.7 Å². The van der Waals surface area contributed by atoms with Gasteiger partial charge >= 0.3 is 0 Å². The molecule has 1 aliphatic heterocycles. The van der Waals surface area contributed by atoms with Gasteiger partial charge in [0.25, 0.3) is 5.91 Å². The summed E-state index contributed by atoms with van der Waals surface area (Å²) >= 11 is 0. The lowest BCUT2D eigenvalue weighted by Crippen LogP contribution is -2.25. The molecule has 1 saturated heterocycles. The van der Waals surface area contributed by atoms with Gasteiger partial charge in [-0.2, -0.15) is 0 Å². The van der Waals surface area contributed by atoms with Crippen molar-refractivity contribution in [2.75, 3.05) is 20.2 Å². The maximum Gasteiger partial charge on any atom is 0.255 e. The number of likely N-dealkylation sites (tertiary alicyclic amines) is 1. The second kappa shape index (κ2) is 9.51. The molecule has 0 saturated carbocycles. The first-order valence-corrected chi connectivity index (χ1v) is 9.57. The summed E-state index contributed by atoms with van der Waals surface area (Å²) in [5.41, 5.74) is 2.50. The van der Waals surface area contributed by atoms with Crippen LogP contribution in [0.25, 0.3) is 0 Å². The molecule has 0 unspecified atom stereocenters. The average Bonchev–Trinajstić information content (AvgIpc) is 2.95. The number of halogens is 1. The number of nitrogens with zero attached hydrogens (tertiary/aromatic N) is 1. The minimum absolute atomic E-state index is 0.207. The number of nitrogens with one attached hydrogen (secondary N) is 1. The summed E-state index contributed by atoms with van der Waals surface area (Å²) < 4.78 is 18.6. The molecule has 5 heteroatoms. The first kappa shape index (κ1) is 19.4. The number of ether oxygens (including phenoxy) is 1. The molecular weight excluding hydrogens is 343 g/mol. The molecule has 0 radical (unpaired) electrons. The Morgan fingerprint density at radius 2 is 1.81 bits per heavy atom. The monoisotopic (exact) mass is 370 g/mol. The molecule has 0 aromatic heterocycles. The molecule has 3 rings (SSSR count). The fourth-order valence-electron chi connectivity index (χ4n) is 3.53. The summed E-state index contributed by atoms with van der Waals surface area (Å²) in [5.74, 6) is -0.437. The molecule has 4 nitrogen and oxygen atoms in total. The minimum atomic E-state index is -0.458. The van der Waals surface area contributed by atoms with Crippen LogP contribution in [-0.2, 0) is 13.1 Å². The van der Waals surface area contributed by atoms with Crippen LogP contribution in [0.2, 0.25) is 0 Å². The van der Waals surface area contributed by atoms with Crippen LogP contribution in [0.5, 0.6) is 5.75 Å². The van der Waals surface area contributed by atoms with Crippen molar-refractivity contribution in [3.63, 3.8) is 0 Å². The topological polar surface area (TPSA) is 41.6 Å². The van der Waals surface area contributed by atoms with E-state index in [4.69, 9.17) is 4.74 Å². The Morgan fingerprint density at radius 3 is 2.56 bits per heavy atom. The summed E-state index contributed by atoms with van der Waals surface area (Å²) in [6.45, 7) is 3.65. The number of rotatable bonds is 6. The van der Waals surface area contributed by atoms with Gasteiger partial charge in [-0.3, -0.25) is 9.69 Å². The average molecular weight is 370 g/mol. The van der Waals surface area contributed by atoms with E-state index in [-0.39, 0.29) is 11.5 Å². The summed E-state index contributed by atoms with van der Waals surface area (Å²) in [4.78, 5) is 14.9. The molecule has 27 heavy (non-hydrogen) atoms. The third-order valence-electron chi connectivity index (χ3n) is 4.96. The Balaban J connectivity index is 1.61. The quantitative estimate of drug-likeness (QED) is 0.831. The highest BCUT2D eigenvalue weighted by Crippen LogP contribution is 2.19. The third kappa shape index (κ3) is 5.54. The fourth-order valence-corrected chi connectivity index (χ4v) is 3.53. The second-order valence-electron chi connectivity index (χ2n) is 7.04. The molecule has 1 fully saturated rings. The van der Waals surface area contributed by atoms with Crippen LogP contribution in [0, 0.1) is 5.82 Å². The van der Waals surface area contributed by atoms with Crippen LogP contribution in [0.15, 0.2) is 42.5 Å². The second-order valence-corrected chi connectivity index (χ2v) is 7.04. The van der Waals surface area contributed by atoms with E-state index in [9.17, 15) is 9.18 Å². The first-order chi connectivity index (χ1) is 13.2. The van der Waals surface area contributed by atoms with Gasteiger partial charge < -0.3 is 10.1 Å². The van der Waals surface area contributed by atoms with Crippen LogP contribution in [-0.4, -0.2) is 31.0 Å². The van der Waals surface area contributed by atoms with Crippen LogP contribution < -0.4 is 10.1 Å². The zero-order valence-electron chi connectivity index (χ0n) is 15.8. The number of hydrogen-bond acceptors (Lipinski definition) is 3. The number of carbonyl (C=O) groups is 1. The van der Waals surface area contributed by atoms with Gasteiger partial charge in [-0.15, -0.1) is 0 Å². The predicted octanol–water partition coefficient (Wildman–Crippen LogP) is 4.14. The number of methoxy groups -OCH3 is 1. The number of hydrogen-bond donors (Lipinski definition) is 1. The number of benzene rings is 2. The van der Waals surface area contributed by atoms with Crippen molar-refractivity contribution in [2.45, 2.75) is 38.8 Å². The van der Waals surface area contributed by atoms with Crippen molar-refractivity contribution < 1.29 is 13.9 Å². The zero-order chi connectivity index (χ0) is 19.1. The number of carbonyl (C=O) groups excluding carboxylic acids is 1. The van der Waals surface area contributed by atoms with Crippen LogP contribution in [0.4, 0.5) is 4.39 Å². The highest BCUT2D eigenvalue weighted by atomic mass is 19.1. The first-order valence-electron chi connectivity index (χ1n) is 9.57. The van der Waals surface area contributed by atoms with Crippen LogP contribution >= 0.6 is 0 Å². The highest BCUT2D eigenvalue weighted by molar-refractivity contribution is 5.96. The van der Waals surface area contributed by atoms with Crippen molar-refractivity contribution in [2.24, 2.45) is 0 Å². The molecule has 144 valence electrons. The molecular formula is C22H27FN2O2. The maximum absolute atomic E-state index is 13.5. The van der Waals surface area contributed by atoms with E-state index in [0.717, 1.165) is 25.2 Å². The van der Waals surface area contributed by atoms with Crippen molar-refractivity contribution >= 4 is 5.91 Å². The summed E-state index contributed by atoms with van der Waals surface area (Å²) in [7, 11) is 1.47. The van der Waals surface area contributed by atoms with Gasteiger partial charge in [-0.1, -0.05) is 37.1 Å². The fraction of sp³-hybridized carbons (Fsp3) is 0.409. The maximum atomic E-state index is 13.5. The molecule has 0 spiro atoms. The van der Waals surface area contributed by atoms with Crippen LogP contribution in [0.1, 0.15) is 47.2 Å². The van der Waals surface area contributed by atoms with Crippen LogP contribution in [0.3, 0.4) is 0 Å². The van der Waals surface area contributed by atoms with E-state index in [2.05, 4.69) is 22.3 Å².